The molecule has 1 aromatic heterocycles. The van der Waals surface area contributed by atoms with E-state index in [2.05, 4.69) is 13.8 Å². The van der Waals surface area contributed by atoms with Crippen LogP contribution in [0.3, 0.4) is 0 Å². The molecular weight excluding hydrogens is 418 g/mol. The number of nitrogens with zero attached hydrogens (tertiary/aromatic N) is 1. The predicted octanol–water partition coefficient (Wildman–Crippen LogP) is 5.65. The molecule has 0 bridgehead atoms. The van der Waals surface area contributed by atoms with E-state index in [0.717, 1.165) is 47.5 Å². The normalized spacial score (nSPS) is 15.2. The quantitative estimate of drug-likeness (QED) is 0.341. The zero-order valence-electron chi connectivity index (χ0n) is 20.6. The molecule has 33 heavy (non-hydrogen) atoms. The maximum atomic E-state index is 11.9. The average molecular weight is 456 g/mol. The fraction of sp³-hybridized carbons (Fsp3) is 0.556. The summed E-state index contributed by atoms with van der Waals surface area (Å²) in [5.74, 6) is 1.59. The van der Waals surface area contributed by atoms with E-state index in [1.54, 1.807) is 21.0 Å². The molecule has 0 amide bonds. The molecule has 1 heterocycles. The molecule has 6 heteroatoms. The summed E-state index contributed by atoms with van der Waals surface area (Å²) in [5.41, 5.74) is 5.53. The van der Waals surface area contributed by atoms with E-state index >= 15 is 0 Å². The lowest BCUT2D eigenvalue weighted by Gasteiger charge is -2.24. The molecule has 6 nitrogen and oxygen atoms in total. The molecule has 2 aromatic rings. The molecule has 1 fully saturated rings. The monoisotopic (exact) mass is 455 g/mol. The van der Waals surface area contributed by atoms with E-state index in [1.165, 1.54) is 24.8 Å². The van der Waals surface area contributed by atoms with Gasteiger partial charge < -0.3 is 18.9 Å². The van der Waals surface area contributed by atoms with Crippen molar-refractivity contribution in [2.75, 3.05) is 20.5 Å². The topological polar surface area (TPSA) is 66.9 Å². The van der Waals surface area contributed by atoms with E-state index in [0.29, 0.717) is 18.3 Å². The van der Waals surface area contributed by atoms with Crippen LogP contribution in [0.2, 0.25) is 0 Å². The Kier molecular flexibility index (Phi) is 9.12. The summed E-state index contributed by atoms with van der Waals surface area (Å²) < 4.78 is 21.8. The van der Waals surface area contributed by atoms with Gasteiger partial charge in [-0.25, -0.2) is 4.79 Å². The lowest BCUT2D eigenvalue weighted by Crippen LogP contribution is -2.26. The summed E-state index contributed by atoms with van der Waals surface area (Å²) in [7, 11) is 1.63. The highest BCUT2D eigenvalue weighted by Gasteiger charge is 2.22. The second-order valence-corrected chi connectivity index (χ2v) is 8.80. The van der Waals surface area contributed by atoms with Crippen LogP contribution in [0.25, 0.3) is 0 Å². The Morgan fingerprint density at radius 2 is 1.82 bits per heavy atom. The zero-order valence-corrected chi connectivity index (χ0v) is 20.6. The lowest BCUT2D eigenvalue weighted by molar-refractivity contribution is -0.150. The molecule has 1 aliphatic rings. The highest BCUT2D eigenvalue weighted by atomic mass is 16.7. The van der Waals surface area contributed by atoms with Crippen LogP contribution < -0.4 is 9.47 Å². The molecule has 0 spiro atoms. The lowest BCUT2D eigenvalue weighted by atomic mass is 9.86. The molecule has 0 saturated heterocycles. The Morgan fingerprint density at radius 3 is 2.45 bits per heavy atom. The number of aromatic nitrogens is 1. The number of pyridine rings is 1. The van der Waals surface area contributed by atoms with Crippen LogP contribution >= 0.6 is 0 Å². The van der Waals surface area contributed by atoms with Gasteiger partial charge in [0.05, 0.1) is 12.3 Å². The van der Waals surface area contributed by atoms with Gasteiger partial charge in [0.25, 0.3) is 0 Å². The van der Waals surface area contributed by atoms with Gasteiger partial charge in [0.1, 0.15) is 11.5 Å². The number of hydrogen-bond acceptors (Lipinski definition) is 6. The minimum Gasteiger partial charge on any atom is -0.479 e. The Hall–Kier alpha value is -2.60. The van der Waals surface area contributed by atoms with E-state index in [1.807, 2.05) is 24.3 Å². The summed E-state index contributed by atoms with van der Waals surface area (Å²) in [5, 5.41) is 0. The van der Waals surface area contributed by atoms with Gasteiger partial charge in [-0.1, -0.05) is 19.3 Å². The third-order valence-electron chi connectivity index (χ3n) is 6.23. The SMILES string of the molecule is CCOC(=O)C(C)Oc1cc(C)c(Cc2ccc(OCOC)c(C3CCCCC3)n2)c(C)c1. The van der Waals surface area contributed by atoms with Crippen molar-refractivity contribution in [2.24, 2.45) is 0 Å². The van der Waals surface area contributed by atoms with Gasteiger partial charge in [-0.3, -0.25) is 4.98 Å². The van der Waals surface area contributed by atoms with Gasteiger partial charge in [-0.05, 0) is 81.5 Å². The van der Waals surface area contributed by atoms with Crippen LogP contribution in [0.15, 0.2) is 24.3 Å². The molecule has 1 saturated carbocycles. The predicted molar refractivity (Wildman–Crippen MR) is 128 cm³/mol. The number of rotatable bonds is 10. The minimum atomic E-state index is -0.644. The molecule has 1 atom stereocenters. The number of benzene rings is 1. The van der Waals surface area contributed by atoms with Crippen molar-refractivity contribution in [1.82, 2.24) is 4.98 Å². The number of methoxy groups -OCH3 is 1. The zero-order chi connectivity index (χ0) is 23.8. The van der Waals surface area contributed by atoms with Crippen molar-refractivity contribution in [1.29, 1.82) is 0 Å². The Balaban J connectivity index is 1.81. The molecular formula is C27H37NO5. The number of carbonyl (C=O) groups is 1. The van der Waals surface area contributed by atoms with Gasteiger partial charge in [0.2, 0.25) is 0 Å². The number of aryl methyl sites for hydroxylation is 2. The van der Waals surface area contributed by atoms with Crippen molar-refractivity contribution >= 4 is 5.97 Å². The Morgan fingerprint density at radius 1 is 1.12 bits per heavy atom. The minimum absolute atomic E-state index is 0.227. The van der Waals surface area contributed by atoms with Crippen molar-refractivity contribution in [2.45, 2.75) is 78.2 Å². The highest BCUT2D eigenvalue weighted by Crippen LogP contribution is 2.37. The first kappa shape index (κ1) is 25.0. The van der Waals surface area contributed by atoms with Crippen molar-refractivity contribution in [3.8, 4) is 11.5 Å². The number of ether oxygens (including phenoxy) is 4. The number of carbonyl (C=O) groups excluding carboxylic acids is 1. The van der Waals surface area contributed by atoms with Crippen LogP contribution in [-0.4, -0.2) is 37.6 Å². The summed E-state index contributed by atoms with van der Waals surface area (Å²) in [6, 6.07) is 8.05. The van der Waals surface area contributed by atoms with Crippen LogP contribution in [0.5, 0.6) is 11.5 Å². The van der Waals surface area contributed by atoms with Crippen LogP contribution in [0.4, 0.5) is 0 Å². The van der Waals surface area contributed by atoms with Gasteiger partial charge in [0.15, 0.2) is 12.9 Å². The fourth-order valence-electron chi connectivity index (χ4n) is 4.51. The third kappa shape index (κ3) is 6.70. The van der Waals surface area contributed by atoms with E-state index in [9.17, 15) is 4.79 Å². The van der Waals surface area contributed by atoms with E-state index < -0.39 is 6.10 Å². The van der Waals surface area contributed by atoms with Gasteiger partial charge in [-0.15, -0.1) is 0 Å². The first-order chi connectivity index (χ1) is 15.9. The Labute approximate surface area is 197 Å². The Bertz CT molecular complexity index is 913. The van der Waals surface area contributed by atoms with Gasteiger partial charge >= 0.3 is 5.97 Å². The second-order valence-electron chi connectivity index (χ2n) is 8.80. The first-order valence-corrected chi connectivity index (χ1v) is 12.0. The van der Waals surface area contributed by atoms with Crippen molar-refractivity contribution < 1.29 is 23.7 Å². The third-order valence-corrected chi connectivity index (χ3v) is 6.23. The first-order valence-electron chi connectivity index (χ1n) is 12.0. The number of hydrogen-bond donors (Lipinski definition) is 0. The second kappa shape index (κ2) is 12.0. The molecule has 0 N–H and O–H groups in total. The molecule has 1 unspecified atom stereocenters. The molecule has 1 aliphatic carbocycles. The van der Waals surface area contributed by atoms with Crippen LogP contribution in [0.1, 0.15) is 79.9 Å². The highest BCUT2D eigenvalue weighted by molar-refractivity contribution is 5.74. The van der Waals surface area contributed by atoms with E-state index in [4.69, 9.17) is 23.9 Å². The summed E-state index contributed by atoms with van der Waals surface area (Å²) in [6.45, 7) is 8.21. The standard InChI is InChI=1S/C27H37NO5/c1-6-31-27(29)20(4)33-23-14-18(2)24(19(3)15-23)16-22-12-13-25(32-17-30-5)26(28-22)21-10-8-7-9-11-21/h12-15,20-21H,6-11,16-17H2,1-5H3. The van der Waals surface area contributed by atoms with Crippen LogP contribution in [0, 0.1) is 13.8 Å². The largest absolute Gasteiger partial charge is 0.479 e. The van der Waals surface area contributed by atoms with Crippen molar-refractivity contribution in [3.05, 3.63) is 52.3 Å². The van der Waals surface area contributed by atoms with Crippen LogP contribution in [-0.2, 0) is 20.7 Å². The molecule has 0 radical (unpaired) electrons. The van der Waals surface area contributed by atoms with Gasteiger partial charge in [0, 0.05) is 25.1 Å². The van der Waals surface area contributed by atoms with E-state index in [-0.39, 0.29) is 12.8 Å². The van der Waals surface area contributed by atoms with Gasteiger partial charge in [-0.2, -0.15) is 0 Å². The number of esters is 1. The maximum Gasteiger partial charge on any atom is 0.347 e. The summed E-state index contributed by atoms with van der Waals surface area (Å²) in [6.07, 6.45) is 6.18. The summed E-state index contributed by atoms with van der Waals surface area (Å²) in [4.78, 5) is 17.0. The molecule has 0 aliphatic heterocycles. The summed E-state index contributed by atoms with van der Waals surface area (Å²) >= 11 is 0. The maximum absolute atomic E-state index is 11.9. The fourth-order valence-corrected chi connectivity index (χ4v) is 4.51. The molecule has 3 rings (SSSR count). The van der Waals surface area contributed by atoms with Crippen molar-refractivity contribution in [3.63, 3.8) is 0 Å². The average Bonchev–Trinajstić information content (AvgIpc) is 2.81. The molecule has 180 valence electrons. The molecule has 1 aromatic carbocycles. The smallest absolute Gasteiger partial charge is 0.347 e.